The van der Waals surface area contributed by atoms with Gasteiger partial charge in [0.25, 0.3) is 10.1 Å². The summed E-state index contributed by atoms with van der Waals surface area (Å²) in [4.78, 5) is 3.30. The third kappa shape index (κ3) is 6.10. The van der Waals surface area contributed by atoms with Crippen molar-refractivity contribution >= 4 is 10.1 Å². The maximum atomic E-state index is 13.7. The predicted octanol–water partition coefficient (Wildman–Crippen LogP) is 4.29. The molecule has 0 aliphatic heterocycles. The Hall–Kier alpha value is -2.81. The van der Waals surface area contributed by atoms with Crippen LogP contribution in [0.4, 0.5) is 4.39 Å². The van der Waals surface area contributed by atoms with Gasteiger partial charge in [-0.15, -0.1) is 0 Å². The van der Waals surface area contributed by atoms with E-state index >= 15 is 0 Å². The van der Waals surface area contributed by atoms with Crippen LogP contribution in [0.1, 0.15) is 25.3 Å². The quantitative estimate of drug-likeness (QED) is 0.477. The Balaban J connectivity index is 1.68. The molecule has 2 atom stereocenters. The summed E-state index contributed by atoms with van der Waals surface area (Å²) < 4.78 is 51.4. The summed E-state index contributed by atoms with van der Waals surface area (Å²) in [5, 5.41) is 10.5. The van der Waals surface area contributed by atoms with Crippen LogP contribution < -0.4 is 4.74 Å². The second-order valence-corrected chi connectivity index (χ2v) is 8.57. The smallest absolute Gasteiger partial charge is 0.297 e. The summed E-state index contributed by atoms with van der Waals surface area (Å²) in [5.74, 6) is -0.467. The summed E-state index contributed by atoms with van der Waals surface area (Å²) in [5.41, 5.74) is 2.11. The molecule has 0 aliphatic rings. The Bertz CT molecular complexity index is 1100. The number of aryl methyl sites for hydroxylation is 1. The molecule has 164 valence electrons. The first-order valence-corrected chi connectivity index (χ1v) is 11.3. The lowest BCUT2D eigenvalue weighted by Gasteiger charge is -2.23. The molecule has 2 aromatic carbocycles. The molecule has 31 heavy (non-hydrogen) atoms. The standard InChI is InChI=1S/C23H24FNO5S/c1-2-22(21(26)12-5-16-4-3-13-25-15-16)30-19-9-6-17(7-10-19)18-8-11-20(24)23(14-18)31(27,28)29/h3-4,6-11,13-15,21-22,26H,2,5,12H2,1H3,(H,27,28,29). The van der Waals surface area contributed by atoms with Crippen LogP contribution in [0.15, 0.2) is 71.9 Å². The molecule has 3 aromatic rings. The molecule has 1 aromatic heterocycles. The highest BCUT2D eigenvalue weighted by molar-refractivity contribution is 7.85. The zero-order chi connectivity index (χ0) is 22.4. The van der Waals surface area contributed by atoms with Crippen LogP contribution in [-0.2, 0) is 16.5 Å². The Labute approximate surface area is 181 Å². The molecule has 0 saturated carbocycles. The number of rotatable bonds is 9. The highest BCUT2D eigenvalue weighted by atomic mass is 32.2. The topological polar surface area (TPSA) is 96.7 Å². The van der Waals surface area contributed by atoms with Crippen LogP contribution in [0.3, 0.4) is 0 Å². The van der Waals surface area contributed by atoms with Gasteiger partial charge in [-0.1, -0.05) is 31.2 Å². The lowest BCUT2D eigenvalue weighted by molar-refractivity contribution is 0.0291. The molecule has 2 unspecified atom stereocenters. The minimum absolute atomic E-state index is 0.389. The molecule has 0 aliphatic carbocycles. The Morgan fingerprint density at radius 1 is 1.10 bits per heavy atom. The molecule has 3 rings (SSSR count). The first-order valence-electron chi connectivity index (χ1n) is 9.89. The molecule has 0 fully saturated rings. The molecular formula is C23H24FNO5S. The number of hydrogen-bond donors (Lipinski definition) is 2. The van der Waals surface area contributed by atoms with Crippen molar-refractivity contribution < 1.29 is 27.2 Å². The van der Waals surface area contributed by atoms with Gasteiger partial charge in [0.2, 0.25) is 0 Å². The number of halogens is 1. The minimum atomic E-state index is -4.66. The highest BCUT2D eigenvalue weighted by Gasteiger charge is 2.20. The van der Waals surface area contributed by atoms with Gasteiger partial charge in [-0.2, -0.15) is 8.42 Å². The van der Waals surface area contributed by atoms with Gasteiger partial charge in [-0.25, -0.2) is 4.39 Å². The molecule has 0 spiro atoms. The van der Waals surface area contributed by atoms with Crippen molar-refractivity contribution in [1.29, 1.82) is 0 Å². The largest absolute Gasteiger partial charge is 0.488 e. The Morgan fingerprint density at radius 3 is 2.42 bits per heavy atom. The molecule has 0 saturated heterocycles. The van der Waals surface area contributed by atoms with Crippen molar-refractivity contribution in [2.24, 2.45) is 0 Å². The molecule has 6 nitrogen and oxygen atoms in total. The van der Waals surface area contributed by atoms with Gasteiger partial charge in [0.15, 0.2) is 0 Å². The van der Waals surface area contributed by atoms with Crippen LogP contribution in [0.5, 0.6) is 5.75 Å². The Kier molecular flexibility index (Phi) is 7.37. The molecule has 0 bridgehead atoms. The monoisotopic (exact) mass is 445 g/mol. The van der Waals surface area contributed by atoms with E-state index in [0.29, 0.717) is 36.1 Å². The zero-order valence-electron chi connectivity index (χ0n) is 17.0. The minimum Gasteiger partial charge on any atom is -0.488 e. The number of aromatic nitrogens is 1. The zero-order valence-corrected chi connectivity index (χ0v) is 17.8. The summed E-state index contributed by atoms with van der Waals surface area (Å²) in [6.45, 7) is 1.93. The number of benzene rings is 2. The van der Waals surface area contributed by atoms with Gasteiger partial charge < -0.3 is 9.84 Å². The summed E-state index contributed by atoms with van der Waals surface area (Å²) >= 11 is 0. The Morgan fingerprint density at radius 2 is 1.81 bits per heavy atom. The van der Waals surface area contributed by atoms with Gasteiger partial charge in [0.1, 0.15) is 22.6 Å². The number of aliphatic hydroxyl groups excluding tert-OH is 1. The SMILES string of the molecule is CCC(Oc1ccc(-c2ccc(F)c(S(=O)(=O)O)c2)cc1)C(O)CCc1cccnc1. The lowest BCUT2D eigenvalue weighted by atomic mass is 10.0. The third-order valence-corrected chi connectivity index (χ3v) is 5.84. The van der Waals surface area contributed by atoms with E-state index in [1.807, 2.05) is 19.1 Å². The van der Waals surface area contributed by atoms with E-state index < -0.39 is 26.9 Å². The molecule has 0 amide bonds. The summed E-state index contributed by atoms with van der Waals surface area (Å²) in [7, 11) is -4.66. The number of hydrogen-bond acceptors (Lipinski definition) is 5. The van der Waals surface area contributed by atoms with Crippen molar-refractivity contribution in [3.8, 4) is 16.9 Å². The van der Waals surface area contributed by atoms with Crippen LogP contribution >= 0.6 is 0 Å². The van der Waals surface area contributed by atoms with Crippen molar-refractivity contribution in [3.05, 3.63) is 78.4 Å². The van der Waals surface area contributed by atoms with Crippen LogP contribution in [0.25, 0.3) is 11.1 Å². The maximum Gasteiger partial charge on any atom is 0.297 e. The van der Waals surface area contributed by atoms with Crippen LogP contribution in [-0.4, -0.2) is 35.3 Å². The van der Waals surface area contributed by atoms with Crippen LogP contribution in [0, 0.1) is 5.82 Å². The van der Waals surface area contributed by atoms with E-state index in [1.54, 1.807) is 36.7 Å². The van der Waals surface area contributed by atoms with E-state index in [0.717, 1.165) is 17.7 Å². The van der Waals surface area contributed by atoms with Gasteiger partial charge in [0.05, 0.1) is 6.10 Å². The summed E-state index contributed by atoms with van der Waals surface area (Å²) in [6, 6.07) is 14.1. The fourth-order valence-corrected chi connectivity index (χ4v) is 3.85. The number of nitrogens with zero attached hydrogens (tertiary/aromatic N) is 1. The molecule has 8 heteroatoms. The second-order valence-electron chi connectivity index (χ2n) is 7.18. The van der Waals surface area contributed by atoms with Crippen molar-refractivity contribution in [2.75, 3.05) is 0 Å². The molecule has 1 heterocycles. The van der Waals surface area contributed by atoms with Gasteiger partial charge in [0, 0.05) is 12.4 Å². The van der Waals surface area contributed by atoms with E-state index in [1.165, 1.54) is 6.07 Å². The predicted molar refractivity (Wildman–Crippen MR) is 115 cm³/mol. The van der Waals surface area contributed by atoms with Gasteiger partial charge >= 0.3 is 0 Å². The maximum absolute atomic E-state index is 13.7. The molecule has 2 N–H and O–H groups in total. The first kappa shape index (κ1) is 22.9. The fraction of sp³-hybridized carbons (Fsp3) is 0.261. The van der Waals surface area contributed by atoms with Crippen LogP contribution in [0.2, 0.25) is 0 Å². The third-order valence-electron chi connectivity index (χ3n) is 4.97. The molecular weight excluding hydrogens is 421 g/mol. The van der Waals surface area contributed by atoms with E-state index in [-0.39, 0.29) is 6.10 Å². The number of pyridine rings is 1. The van der Waals surface area contributed by atoms with E-state index in [2.05, 4.69) is 4.98 Å². The fourth-order valence-electron chi connectivity index (χ4n) is 3.26. The van der Waals surface area contributed by atoms with Crippen molar-refractivity contribution in [2.45, 2.75) is 43.3 Å². The van der Waals surface area contributed by atoms with E-state index in [4.69, 9.17) is 9.29 Å². The first-order chi connectivity index (χ1) is 14.8. The van der Waals surface area contributed by atoms with Crippen molar-refractivity contribution in [1.82, 2.24) is 4.98 Å². The second kappa shape index (κ2) is 10.00. The van der Waals surface area contributed by atoms with Gasteiger partial charge in [-0.3, -0.25) is 9.54 Å². The lowest BCUT2D eigenvalue weighted by Crippen LogP contribution is -2.31. The van der Waals surface area contributed by atoms with Crippen molar-refractivity contribution in [3.63, 3.8) is 0 Å². The summed E-state index contributed by atoms with van der Waals surface area (Å²) in [6.07, 6.45) is 4.28. The normalized spacial score (nSPS) is 13.5. The van der Waals surface area contributed by atoms with E-state index in [9.17, 15) is 17.9 Å². The number of ether oxygens (including phenoxy) is 1. The number of aliphatic hydroxyl groups is 1. The van der Waals surface area contributed by atoms with Gasteiger partial charge in [-0.05, 0) is 66.3 Å². The molecule has 0 radical (unpaired) electrons. The average molecular weight is 446 g/mol. The highest BCUT2D eigenvalue weighted by Crippen LogP contribution is 2.27. The average Bonchev–Trinajstić information content (AvgIpc) is 2.76.